The second kappa shape index (κ2) is 13.7. The van der Waals surface area contributed by atoms with Crippen molar-refractivity contribution in [2.45, 2.75) is 0 Å². The Hall–Kier alpha value is -5.65. The minimum atomic E-state index is 0. The van der Waals surface area contributed by atoms with Crippen molar-refractivity contribution in [1.29, 1.82) is 0 Å². The van der Waals surface area contributed by atoms with Crippen molar-refractivity contribution in [3.63, 3.8) is 0 Å². The van der Waals surface area contributed by atoms with Crippen LogP contribution in [0.15, 0.2) is 169 Å². The molecule has 0 saturated heterocycles. The Morgan fingerprint density at radius 3 is 1.68 bits per heavy atom. The summed E-state index contributed by atoms with van der Waals surface area (Å²) in [5.41, 5.74) is 9.92. The van der Waals surface area contributed by atoms with Gasteiger partial charge in [-0.25, -0.2) is 11.3 Å². The first-order valence-electron chi connectivity index (χ1n) is 16.2. The Bertz CT molecular complexity index is 2700. The van der Waals surface area contributed by atoms with E-state index in [1.54, 1.807) is 17.5 Å². The van der Waals surface area contributed by atoms with Crippen LogP contribution in [-0.2, 0) is 20.1 Å². The number of hydrogen-bond donors (Lipinski definition) is 0. The zero-order valence-electron chi connectivity index (χ0n) is 26.7. The van der Waals surface area contributed by atoms with Gasteiger partial charge in [0.05, 0.1) is 22.1 Å². The number of aromatic nitrogens is 4. The fourth-order valence-corrected chi connectivity index (χ4v) is 7.35. The average Bonchev–Trinajstić information content (AvgIpc) is 3.91. The molecule has 0 amide bonds. The summed E-state index contributed by atoms with van der Waals surface area (Å²) < 4.78 is 4.75. The third-order valence-corrected chi connectivity index (χ3v) is 9.67. The predicted molar refractivity (Wildman–Crippen MR) is 204 cm³/mol. The van der Waals surface area contributed by atoms with Gasteiger partial charge >= 0.3 is 0 Å². The Balaban J connectivity index is 0.000000257. The van der Waals surface area contributed by atoms with E-state index in [0.29, 0.717) is 0 Å². The van der Waals surface area contributed by atoms with Gasteiger partial charge in [0, 0.05) is 59.7 Å². The normalized spacial score (nSPS) is 11.0. The number of benzene rings is 5. The largest absolute Gasteiger partial charge is 0.327 e. The maximum absolute atomic E-state index is 4.56. The molecule has 5 aromatic carbocycles. The summed E-state index contributed by atoms with van der Waals surface area (Å²) >= 11 is 1.66. The monoisotopic (exact) mass is 837 g/mol. The maximum Gasteiger partial charge on any atom is 0.0562 e. The second-order valence-corrected chi connectivity index (χ2v) is 12.6. The Morgan fingerprint density at radius 2 is 1.06 bits per heavy atom. The molecule has 0 aliphatic heterocycles. The van der Waals surface area contributed by atoms with Crippen molar-refractivity contribution in [3.8, 4) is 33.2 Å². The second-order valence-electron chi connectivity index (χ2n) is 11.7. The Labute approximate surface area is 307 Å². The van der Waals surface area contributed by atoms with Gasteiger partial charge in [-0.15, -0.1) is 35.2 Å². The van der Waals surface area contributed by atoms with Crippen molar-refractivity contribution in [1.82, 2.24) is 19.1 Å². The molecule has 0 spiro atoms. The summed E-state index contributed by atoms with van der Waals surface area (Å²) in [6, 6.07) is 59.3. The average molecular weight is 837 g/mol. The predicted octanol–water partition coefficient (Wildman–Crippen LogP) is 11.4. The summed E-state index contributed by atoms with van der Waals surface area (Å²) in [5, 5.41) is 7.01. The summed E-state index contributed by atoms with van der Waals surface area (Å²) in [6.07, 6.45) is 3.62. The van der Waals surface area contributed by atoms with E-state index in [2.05, 4.69) is 134 Å². The van der Waals surface area contributed by atoms with Crippen LogP contribution in [-0.4, -0.2) is 19.1 Å². The van der Waals surface area contributed by atoms with E-state index < -0.39 is 0 Å². The fraction of sp³-hybridized carbons (Fsp3) is 0. The Kier molecular flexibility index (Phi) is 8.66. The van der Waals surface area contributed by atoms with Gasteiger partial charge in [-0.3, -0.25) is 0 Å². The van der Waals surface area contributed by atoms with E-state index >= 15 is 0 Å². The number of hydrogen-bond acceptors (Lipinski definition) is 3. The topological polar surface area (TPSA) is 35.6 Å². The quantitative estimate of drug-likeness (QED) is 0.166. The molecule has 0 fully saturated rings. The molecule has 241 valence electrons. The van der Waals surface area contributed by atoms with E-state index in [4.69, 9.17) is 0 Å². The fourth-order valence-electron chi connectivity index (χ4n) is 6.71. The molecular formula is C44H28IrN4S-2. The van der Waals surface area contributed by atoms with Gasteiger partial charge < -0.3 is 19.1 Å². The zero-order chi connectivity index (χ0) is 32.6. The molecule has 4 nitrogen and oxygen atoms in total. The molecule has 0 unspecified atom stereocenters. The molecule has 50 heavy (non-hydrogen) atoms. The number of nitrogens with zero attached hydrogens (tertiary/aromatic N) is 4. The molecule has 10 rings (SSSR count). The summed E-state index contributed by atoms with van der Waals surface area (Å²) in [4.78, 5) is 9.87. The first-order chi connectivity index (χ1) is 24.3. The molecule has 0 aliphatic carbocycles. The molecule has 0 N–H and O–H groups in total. The van der Waals surface area contributed by atoms with E-state index in [-0.39, 0.29) is 20.1 Å². The molecular weight excluding hydrogens is 809 g/mol. The number of fused-ring (bicyclic) bond motifs is 6. The van der Waals surface area contributed by atoms with Crippen molar-refractivity contribution in [2.75, 3.05) is 0 Å². The van der Waals surface area contributed by atoms with Crippen LogP contribution in [0.1, 0.15) is 0 Å². The van der Waals surface area contributed by atoms with Crippen molar-refractivity contribution < 1.29 is 20.1 Å². The van der Waals surface area contributed by atoms with Gasteiger partial charge in [0.15, 0.2) is 0 Å². The molecule has 6 heteroatoms. The summed E-state index contributed by atoms with van der Waals surface area (Å²) in [7, 11) is 0. The van der Waals surface area contributed by atoms with Gasteiger partial charge in [0.1, 0.15) is 0 Å². The van der Waals surface area contributed by atoms with Crippen molar-refractivity contribution >= 4 is 54.9 Å². The van der Waals surface area contributed by atoms with Crippen LogP contribution in [0.2, 0.25) is 0 Å². The first-order valence-corrected chi connectivity index (χ1v) is 17.0. The van der Waals surface area contributed by atoms with Crippen LogP contribution >= 0.6 is 11.3 Å². The number of rotatable bonds is 4. The van der Waals surface area contributed by atoms with Crippen LogP contribution in [0.25, 0.3) is 76.8 Å². The molecule has 0 aliphatic rings. The van der Waals surface area contributed by atoms with E-state index in [0.717, 1.165) is 33.2 Å². The number of pyridine rings is 2. The van der Waals surface area contributed by atoms with E-state index in [9.17, 15) is 0 Å². The van der Waals surface area contributed by atoms with Gasteiger partial charge in [-0.05, 0) is 65.6 Å². The SMILES string of the molecule is [Ir].[c-]1ccc(-n2c3ccccc3c3cc4c5ccccc5n(-c5ccccc5)c4cc32)cc1-c1ccccn1.[c-]1ccsc1-c1ccccn1. The van der Waals surface area contributed by atoms with E-state index in [1.165, 1.54) is 43.6 Å². The summed E-state index contributed by atoms with van der Waals surface area (Å²) in [5.74, 6) is 0. The van der Waals surface area contributed by atoms with Crippen molar-refractivity contribution in [3.05, 3.63) is 182 Å². The molecule has 1 radical (unpaired) electrons. The maximum atomic E-state index is 4.56. The van der Waals surface area contributed by atoms with Crippen LogP contribution in [0.3, 0.4) is 0 Å². The zero-order valence-corrected chi connectivity index (χ0v) is 29.9. The van der Waals surface area contributed by atoms with Gasteiger partial charge in [0.2, 0.25) is 0 Å². The number of thiophene rings is 1. The molecule has 0 bridgehead atoms. The van der Waals surface area contributed by atoms with Crippen LogP contribution in [0.4, 0.5) is 0 Å². The van der Waals surface area contributed by atoms with E-state index in [1.807, 2.05) is 60.1 Å². The van der Waals surface area contributed by atoms with Crippen molar-refractivity contribution in [2.24, 2.45) is 0 Å². The molecule has 10 aromatic rings. The minimum absolute atomic E-state index is 0. The van der Waals surface area contributed by atoms with Gasteiger partial charge in [-0.2, -0.15) is 12.1 Å². The third kappa shape index (κ3) is 5.64. The molecule has 5 heterocycles. The molecule has 5 aromatic heterocycles. The minimum Gasteiger partial charge on any atom is -0.327 e. The number of para-hydroxylation sites is 3. The molecule has 0 atom stereocenters. The smallest absolute Gasteiger partial charge is 0.0562 e. The van der Waals surface area contributed by atoms with Crippen LogP contribution in [0.5, 0.6) is 0 Å². The first kappa shape index (κ1) is 31.6. The van der Waals surface area contributed by atoms with Gasteiger partial charge in [-0.1, -0.05) is 83.7 Å². The van der Waals surface area contributed by atoms with Gasteiger partial charge in [0.25, 0.3) is 0 Å². The molecule has 0 saturated carbocycles. The Morgan fingerprint density at radius 1 is 0.460 bits per heavy atom. The standard InChI is InChI=1S/C35H22N3.C9H6NS.Ir/c1-2-12-25(13-3-1)37-32-18-6-4-15-27(32)29-22-30-28-16-5-7-19-33(28)38(35(30)23-34(29)37)26-14-10-11-24(21-26)31-17-8-9-20-36-31;1-2-6-10-8(4-1)9-5-3-7-11-9;/h1-10,12-23H;1-4,6-7H;/q2*-1;. The van der Waals surface area contributed by atoms with Crippen LogP contribution in [0, 0.1) is 12.1 Å². The summed E-state index contributed by atoms with van der Waals surface area (Å²) in [6.45, 7) is 0. The third-order valence-electron chi connectivity index (χ3n) is 8.83. The van der Waals surface area contributed by atoms with Crippen LogP contribution < -0.4 is 0 Å².